The van der Waals surface area contributed by atoms with Gasteiger partial charge in [-0.2, -0.15) is 13.2 Å². The molecule has 0 saturated carbocycles. The van der Waals surface area contributed by atoms with Gasteiger partial charge in [0.2, 0.25) is 0 Å². The van der Waals surface area contributed by atoms with Crippen LogP contribution >= 0.6 is 11.6 Å². The molecule has 0 unspecified atom stereocenters. The molecule has 24 heavy (non-hydrogen) atoms. The first-order chi connectivity index (χ1) is 11.3. The molecular weight excluding hydrogens is 345 g/mol. The average Bonchev–Trinajstić information content (AvgIpc) is 2.54. The fourth-order valence-electron chi connectivity index (χ4n) is 1.81. The molecule has 1 aromatic heterocycles. The zero-order valence-electron chi connectivity index (χ0n) is 12.6. The lowest BCUT2D eigenvalue weighted by Gasteiger charge is -2.12. The molecule has 0 spiro atoms. The van der Waals surface area contributed by atoms with E-state index in [1.54, 1.807) is 0 Å². The van der Waals surface area contributed by atoms with Crippen molar-refractivity contribution in [3.63, 3.8) is 0 Å². The highest BCUT2D eigenvalue weighted by Gasteiger charge is 2.31. The first kappa shape index (κ1) is 18.0. The topological polar surface area (TPSA) is 66.9 Å². The minimum atomic E-state index is -4.49. The van der Waals surface area contributed by atoms with Crippen LogP contribution in [0.1, 0.15) is 29.4 Å². The summed E-state index contributed by atoms with van der Waals surface area (Å²) in [6.07, 6.45) is -2.58. The van der Waals surface area contributed by atoms with Crippen LogP contribution in [0.5, 0.6) is 0 Å². The molecule has 128 valence electrons. The zero-order valence-corrected chi connectivity index (χ0v) is 13.4. The lowest BCUT2D eigenvalue weighted by molar-refractivity contribution is -0.137. The van der Waals surface area contributed by atoms with Gasteiger partial charge in [-0.15, -0.1) is 0 Å². The van der Waals surface area contributed by atoms with Gasteiger partial charge in [0.05, 0.1) is 16.3 Å². The third kappa shape index (κ3) is 4.58. The fraction of sp³-hybridized carbons (Fsp3) is 0.267. The van der Waals surface area contributed by atoms with Gasteiger partial charge >= 0.3 is 6.18 Å². The molecule has 2 aromatic rings. The highest BCUT2D eigenvalue weighted by atomic mass is 35.5. The number of carbonyl (C=O) groups excluding carboxylic acids is 1. The van der Waals surface area contributed by atoms with E-state index < -0.39 is 17.6 Å². The van der Waals surface area contributed by atoms with E-state index in [1.165, 1.54) is 6.07 Å². The normalized spacial score (nSPS) is 11.2. The molecule has 0 bridgehead atoms. The average molecular weight is 359 g/mol. The number of rotatable bonds is 5. The molecule has 1 amide bonds. The number of carbonyl (C=O) groups is 1. The summed E-state index contributed by atoms with van der Waals surface area (Å²) >= 11 is 5.91. The van der Waals surface area contributed by atoms with Crippen LogP contribution in [0.2, 0.25) is 5.02 Å². The Balaban J connectivity index is 2.24. The molecule has 0 aliphatic rings. The number of nitrogens with zero attached hydrogens (tertiary/aromatic N) is 2. The molecular formula is C15H14ClF3N4O. The molecule has 9 heteroatoms. The van der Waals surface area contributed by atoms with Crippen molar-refractivity contribution in [1.82, 2.24) is 15.3 Å². The summed E-state index contributed by atoms with van der Waals surface area (Å²) in [5, 5.41) is 5.42. The second-order valence-electron chi connectivity index (χ2n) is 4.86. The van der Waals surface area contributed by atoms with Crippen molar-refractivity contribution in [1.29, 1.82) is 0 Å². The molecule has 0 saturated heterocycles. The predicted octanol–water partition coefficient (Wildman–Crippen LogP) is 4.03. The van der Waals surface area contributed by atoms with Crippen LogP contribution < -0.4 is 10.6 Å². The Morgan fingerprint density at radius 2 is 2.00 bits per heavy atom. The summed E-state index contributed by atoms with van der Waals surface area (Å²) < 4.78 is 38.3. The maximum atomic E-state index is 12.8. The van der Waals surface area contributed by atoms with Gasteiger partial charge in [0.25, 0.3) is 5.91 Å². The maximum Gasteiger partial charge on any atom is 0.416 e. The number of aromatic nitrogens is 2. The van der Waals surface area contributed by atoms with Crippen LogP contribution in [-0.4, -0.2) is 22.4 Å². The van der Waals surface area contributed by atoms with Gasteiger partial charge in [-0.1, -0.05) is 18.5 Å². The van der Waals surface area contributed by atoms with E-state index in [0.29, 0.717) is 6.54 Å². The van der Waals surface area contributed by atoms with E-state index in [0.717, 1.165) is 30.9 Å². The van der Waals surface area contributed by atoms with Gasteiger partial charge in [-0.3, -0.25) is 4.79 Å². The van der Waals surface area contributed by atoms with Crippen LogP contribution in [0.25, 0.3) is 0 Å². The Kier molecular flexibility index (Phi) is 5.61. The number of hydrogen-bond donors (Lipinski definition) is 2. The van der Waals surface area contributed by atoms with E-state index in [1.807, 2.05) is 6.92 Å². The van der Waals surface area contributed by atoms with Crippen molar-refractivity contribution in [3.8, 4) is 0 Å². The third-order valence-corrected chi connectivity index (χ3v) is 3.32. The summed E-state index contributed by atoms with van der Waals surface area (Å²) in [5.74, 6) is -0.231. The van der Waals surface area contributed by atoms with E-state index in [2.05, 4.69) is 20.6 Å². The molecule has 2 rings (SSSR count). The van der Waals surface area contributed by atoms with Gasteiger partial charge < -0.3 is 10.6 Å². The molecule has 1 aromatic carbocycles. The second kappa shape index (κ2) is 7.48. The lowest BCUT2D eigenvalue weighted by Crippen LogP contribution is -2.25. The number of alkyl halides is 3. The molecule has 1 heterocycles. The Labute approximate surface area is 141 Å². The van der Waals surface area contributed by atoms with Crippen molar-refractivity contribution in [2.75, 3.05) is 11.9 Å². The first-order valence-electron chi connectivity index (χ1n) is 7.05. The number of nitrogens with one attached hydrogen (secondary N) is 2. The highest BCUT2D eigenvalue weighted by Crippen LogP contribution is 2.34. The number of benzene rings is 1. The quantitative estimate of drug-likeness (QED) is 0.846. The van der Waals surface area contributed by atoms with Crippen LogP contribution in [0.4, 0.5) is 24.7 Å². The van der Waals surface area contributed by atoms with E-state index in [9.17, 15) is 18.0 Å². The van der Waals surface area contributed by atoms with Gasteiger partial charge in [-0.05, 0) is 24.6 Å². The Bertz CT molecular complexity index is 737. The highest BCUT2D eigenvalue weighted by molar-refractivity contribution is 6.33. The van der Waals surface area contributed by atoms with Gasteiger partial charge in [0.15, 0.2) is 0 Å². The standard InChI is InChI=1S/C15H14ClF3N4O/c1-2-5-20-14(24)12-7-13(22-8-21-12)23-11-6-9(15(17,18)19)3-4-10(11)16/h3-4,6-8H,2,5H2,1H3,(H,20,24)(H,21,22,23). The van der Waals surface area contributed by atoms with Crippen LogP contribution in [-0.2, 0) is 6.18 Å². The minimum Gasteiger partial charge on any atom is -0.351 e. The van der Waals surface area contributed by atoms with Gasteiger partial charge in [0, 0.05) is 12.6 Å². The van der Waals surface area contributed by atoms with Gasteiger partial charge in [0.1, 0.15) is 17.8 Å². The van der Waals surface area contributed by atoms with Crippen molar-refractivity contribution in [2.45, 2.75) is 19.5 Å². The predicted molar refractivity (Wildman–Crippen MR) is 84.4 cm³/mol. The summed E-state index contributed by atoms with van der Waals surface area (Å²) in [4.78, 5) is 19.6. The van der Waals surface area contributed by atoms with E-state index >= 15 is 0 Å². The fourth-order valence-corrected chi connectivity index (χ4v) is 1.98. The third-order valence-electron chi connectivity index (χ3n) is 2.99. The molecule has 2 N–H and O–H groups in total. The number of hydrogen-bond acceptors (Lipinski definition) is 4. The summed E-state index contributed by atoms with van der Waals surface area (Å²) in [5.41, 5.74) is -0.710. The SMILES string of the molecule is CCCNC(=O)c1cc(Nc2cc(C(F)(F)F)ccc2Cl)ncn1. The Morgan fingerprint density at radius 1 is 1.25 bits per heavy atom. The molecule has 0 radical (unpaired) electrons. The maximum absolute atomic E-state index is 12.8. The number of amides is 1. The molecule has 5 nitrogen and oxygen atoms in total. The Morgan fingerprint density at radius 3 is 2.67 bits per heavy atom. The van der Waals surface area contributed by atoms with Gasteiger partial charge in [-0.25, -0.2) is 9.97 Å². The Hall–Kier alpha value is -2.35. The van der Waals surface area contributed by atoms with Crippen LogP contribution in [0, 0.1) is 0 Å². The second-order valence-corrected chi connectivity index (χ2v) is 5.27. The lowest BCUT2D eigenvalue weighted by atomic mass is 10.2. The summed E-state index contributed by atoms with van der Waals surface area (Å²) in [6, 6.07) is 4.24. The first-order valence-corrected chi connectivity index (χ1v) is 7.43. The smallest absolute Gasteiger partial charge is 0.351 e. The minimum absolute atomic E-state index is 0.0325. The van der Waals surface area contributed by atoms with Crippen LogP contribution in [0.3, 0.4) is 0 Å². The van der Waals surface area contributed by atoms with Crippen LogP contribution in [0.15, 0.2) is 30.6 Å². The zero-order chi connectivity index (χ0) is 17.7. The molecule has 0 aliphatic heterocycles. The molecule has 0 fully saturated rings. The summed E-state index contributed by atoms with van der Waals surface area (Å²) in [6.45, 7) is 2.40. The largest absolute Gasteiger partial charge is 0.416 e. The van der Waals surface area contributed by atoms with Crippen molar-refractivity contribution in [2.24, 2.45) is 0 Å². The molecule has 0 atom stereocenters. The van der Waals surface area contributed by atoms with E-state index in [-0.39, 0.29) is 22.2 Å². The molecule has 0 aliphatic carbocycles. The van der Waals surface area contributed by atoms with E-state index in [4.69, 9.17) is 11.6 Å². The van der Waals surface area contributed by atoms with Crippen molar-refractivity contribution >= 4 is 29.0 Å². The van der Waals surface area contributed by atoms with Crippen molar-refractivity contribution < 1.29 is 18.0 Å². The van der Waals surface area contributed by atoms with Crippen molar-refractivity contribution in [3.05, 3.63) is 46.9 Å². The summed E-state index contributed by atoms with van der Waals surface area (Å²) in [7, 11) is 0. The monoisotopic (exact) mass is 358 g/mol. The number of halogens is 4. The number of anilines is 2.